The molecule has 34 heavy (non-hydrogen) atoms. The highest BCUT2D eigenvalue weighted by molar-refractivity contribution is 7.89. The zero-order valence-electron chi connectivity index (χ0n) is 18.4. The molecule has 1 aliphatic heterocycles. The van der Waals surface area contributed by atoms with Crippen LogP contribution in [0.3, 0.4) is 0 Å². The van der Waals surface area contributed by atoms with Crippen molar-refractivity contribution < 1.29 is 21.6 Å². The van der Waals surface area contributed by atoms with Crippen LogP contribution in [0.1, 0.15) is 23.2 Å². The van der Waals surface area contributed by atoms with E-state index in [0.717, 1.165) is 5.56 Å². The van der Waals surface area contributed by atoms with Crippen molar-refractivity contribution in [2.75, 3.05) is 11.4 Å². The summed E-state index contributed by atoms with van der Waals surface area (Å²) in [5.74, 6) is 0. The molecule has 1 aromatic heterocycles. The van der Waals surface area contributed by atoms with E-state index < -0.39 is 28.1 Å². The fourth-order valence-electron chi connectivity index (χ4n) is 4.27. The van der Waals surface area contributed by atoms with Crippen molar-refractivity contribution in [1.29, 1.82) is 0 Å². The van der Waals surface area contributed by atoms with Gasteiger partial charge in [0.15, 0.2) is 0 Å². The summed E-state index contributed by atoms with van der Waals surface area (Å²) in [5.41, 5.74) is -2.74. The van der Waals surface area contributed by atoms with Gasteiger partial charge in [-0.15, -0.1) is 0 Å². The number of hydrogen-bond acceptors (Lipinski definition) is 4. The van der Waals surface area contributed by atoms with Gasteiger partial charge in [0, 0.05) is 32.4 Å². The fourth-order valence-corrected chi connectivity index (χ4v) is 5.54. The normalized spacial score (nSPS) is 17.4. The highest BCUT2D eigenvalue weighted by atomic mass is 35.5. The monoisotopic (exact) mass is 512 g/mol. The molecule has 11 heteroatoms. The molecule has 6 nitrogen and oxygen atoms in total. The molecule has 4 rings (SSSR count). The largest absolute Gasteiger partial charge is 0.511 e. The maximum atomic E-state index is 13.5. The number of aryl methyl sites for hydroxylation is 2. The van der Waals surface area contributed by atoms with Gasteiger partial charge in [-0.05, 0) is 30.0 Å². The quantitative estimate of drug-likeness (QED) is 0.478. The number of anilines is 1. The summed E-state index contributed by atoms with van der Waals surface area (Å²) in [4.78, 5) is 6.27. The van der Waals surface area contributed by atoms with Gasteiger partial charge in [-0.1, -0.05) is 54.1 Å². The Balaban J connectivity index is 1.78. The van der Waals surface area contributed by atoms with Crippen LogP contribution in [0.2, 0.25) is 5.02 Å². The third kappa shape index (κ3) is 5.08. The first-order chi connectivity index (χ1) is 16.1. The molecule has 0 bridgehead atoms. The first-order valence-corrected chi connectivity index (χ1v) is 12.5. The maximum absolute atomic E-state index is 13.5. The average Bonchev–Trinajstić information content (AvgIpc) is 3.11. The predicted octanol–water partition coefficient (Wildman–Crippen LogP) is 4.75. The van der Waals surface area contributed by atoms with Crippen LogP contribution < -0.4 is 4.90 Å². The van der Waals surface area contributed by atoms with E-state index in [4.69, 9.17) is 11.6 Å². The third-order valence-electron chi connectivity index (χ3n) is 5.89. The van der Waals surface area contributed by atoms with Crippen LogP contribution in [-0.4, -0.2) is 40.4 Å². The Bertz CT molecular complexity index is 1250. The first kappa shape index (κ1) is 24.6. The van der Waals surface area contributed by atoms with Crippen molar-refractivity contribution >= 4 is 27.3 Å². The molecule has 0 saturated carbocycles. The van der Waals surface area contributed by atoms with Crippen molar-refractivity contribution in [3.63, 3.8) is 0 Å². The van der Waals surface area contributed by atoms with Crippen LogP contribution >= 0.6 is 11.6 Å². The molecule has 1 atom stereocenters. The minimum Gasteiger partial charge on any atom is -0.360 e. The SMILES string of the molecule is Cn1cnc(CN2c3c(Cl)cccc3CN(S(=O)(=O)C(F)(F)F)C[C@H]2CCc2ccccc2)c1. The highest BCUT2D eigenvalue weighted by Crippen LogP contribution is 2.39. The molecule has 2 aromatic carbocycles. The van der Waals surface area contributed by atoms with E-state index in [1.165, 1.54) is 0 Å². The molecule has 0 N–H and O–H groups in total. The van der Waals surface area contributed by atoms with Gasteiger partial charge < -0.3 is 9.47 Å². The number of para-hydroxylation sites is 1. The minimum atomic E-state index is -5.54. The number of fused-ring (bicyclic) bond motifs is 1. The number of imidazole rings is 1. The zero-order chi connectivity index (χ0) is 24.5. The molecule has 0 radical (unpaired) electrons. The molecular formula is C23H24ClF3N4O2S. The van der Waals surface area contributed by atoms with E-state index in [1.54, 1.807) is 29.1 Å². The molecule has 3 aromatic rings. The lowest BCUT2D eigenvalue weighted by atomic mass is 10.0. The number of alkyl halides is 3. The predicted molar refractivity (Wildman–Crippen MR) is 125 cm³/mol. The molecule has 0 fully saturated rings. The van der Waals surface area contributed by atoms with Crippen molar-refractivity contribution in [2.45, 2.75) is 37.5 Å². The second-order valence-electron chi connectivity index (χ2n) is 8.33. The van der Waals surface area contributed by atoms with Gasteiger partial charge in [0.25, 0.3) is 0 Å². The molecule has 1 aliphatic rings. The lowest BCUT2D eigenvalue weighted by Crippen LogP contribution is -2.47. The van der Waals surface area contributed by atoms with Gasteiger partial charge in [0.1, 0.15) is 0 Å². The standard InChI is InChI=1S/C23H24ClF3N4O2S/c1-29-13-19(28-16-29)14-31-20(11-10-17-6-3-2-4-7-17)15-30(34(32,33)23(25,26)27)12-18-8-5-9-21(24)22(18)31/h2-9,13,16,20H,10-12,14-15H2,1H3/t20-/m1/s1. The summed E-state index contributed by atoms with van der Waals surface area (Å²) in [7, 11) is -3.72. The lowest BCUT2D eigenvalue weighted by molar-refractivity contribution is -0.0492. The van der Waals surface area contributed by atoms with Crippen molar-refractivity contribution in [3.05, 3.63) is 82.9 Å². The van der Waals surface area contributed by atoms with E-state index >= 15 is 0 Å². The van der Waals surface area contributed by atoms with E-state index in [-0.39, 0.29) is 13.1 Å². The van der Waals surface area contributed by atoms with Crippen LogP contribution in [0.5, 0.6) is 0 Å². The van der Waals surface area contributed by atoms with Crippen LogP contribution in [-0.2, 0) is 36.6 Å². The summed E-state index contributed by atoms with van der Waals surface area (Å²) in [5, 5.41) is 0.351. The Morgan fingerprint density at radius 1 is 1.12 bits per heavy atom. The van der Waals surface area contributed by atoms with Crippen molar-refractivity contribution in [3.8, 4) is 0 Å². The van der Waals surface area contributed by atoms with E-state index in [0.29, 0.717) is 39.1 Å². The molecule has 0 spiro atoms. The molecule has 0 saturated heterocycles. The second kappa shape index (κ2) is 9.59. The number of rotatable bonds is 6. The van der Waals surface area contributed by atoms with E-state index in [2.05, 4.69) is 4.98 Å². The minimum absolute atomic E-state index is 0.275. The second-order valence-corrected chi connectivity index (χ2v) is 10.7. The molecule has 0 unspecified atom stereocenters. The number of benzene rings is 2. The summed E-state index contributed by atoms with van der Waals surface area (Å²) in [6, 6.07) is 13.9. The summed E-state index contributed by atoms with van der Waals surface area (Å²) >= 11 is 6.56. The summed E-state index contributed by atoms with van der Waals surface area (Å²) in [6.45, 7) is -0.470. The van der Waals surface area contributed by atoms with Crippen molar-refractivity contribution in [1.82, 2.24) is 13.9 Å². The Labute approximate surface area is 201 Å². The van der Waals surface area contributed by atoms with Gasteiger partial charge in [0.05, 0.1) is 29.3 Å². The third-order valence-corrected chi connectivity index (χ3v) is 7.74. The van der Waals surface area contributed by atoms with Gasteiger partial charge in [-0.2, -0.15) is 17.5 Å². The lowest BCUT2D eigenvalue weighted by Gasteiger charge is -2.34. The number of hydrogen-bond donors (Lipinski definition) is 0. The number of aromatic nitrogens is 2. The van der Waals surface area contributed by atoms with Crippen LogP contribution in [0.15, 0.2) is 61.1 Å². The molecule has 2 heterocycles. The van der Waals surface area contributed by atoms with E-state index in [1.807, 2.05) is 48.5 Å². The van der Waals surface area contributed by atoms with Crippen LogP contribution in [0.25, 0.3) is 0 Å². The van der Waals surface area contributed by atoms with Gasteiger partial charge in [-0.25, -0.2) is 13.4 Å². The number of sulfonamides is 1. The van der Waals surface area contributed by atoms with Crippen LogP contribution in [0, 0.1) is 0 Å². The van der Waals surface area contributed by atoms with Crippen molar-refractivity contribution in [2.24, 2.45) is 7.05 Å². The summed E-state index contributed by atoms with van der Waals surface area (Å²) < 4.78 is 67.9. The molecular weight excluding hydrogens is 489 g/mol. The Kier molecular flexibility index (Phi) is 6.93. The number of halogens is 4. The van der Waals surface area contributed by atoms with Gasteiger partial charge in [0.2, 0.25) is 0 Å². The maximum Gasteiger partial charge on any atom is 0.511 e. The molecule has 0 aliphatic carbocycles. The fraction of sp³-hybridized carbons (Fsp3) is 0.348. The Morgan fingerprint density at radius 3 is 2.50 bits per heavy atom. The Hall–Kier alpha value is -2.56. The first-order valence-electron chi connectivity index (χ1n) is 10.7. The Morgan fingerprint density at radius 2 is 1.85 bits per heavy atom. The smallest absolute Gasteiger partial charge is 0.360 e. The van der Waals surface area contributed by atoms with Gasteiger partial charge in [-0.3, -0.25) is 0 Å². The van der Waals surface area contributed by atoms with Crippen LogP contribution in [0.4, 0.5) is 18.9 Å². The average molecular weight is 513 g/mol. The zero-order valence-corrected chi connectivity index (χ0v) is 20.0. The summed E-state index contributed by atoms with van der Waals surface area (Å²) in [6.07, 6.45) is 4.44. The van der Waals surface area contributed by atoms with Gasteiger partial charge >= 0.3 is 15.5 Å². The number of nitrogens with zero attached hydrogens (tertiary/aromatic N) is 4. The molecule has 182 valence electrons. The molecule has 0 amide bonds. The van der Waals surface area contributed by atoms with E-state index in [9.17, 15) is 21.6 Å². The highest BCUT2D eigenvalue weighted by Gasteiger charge is 2.51. The topological polar surface area (TPSA) is 58.4 Å².